The lowest BCUT2D eigenvalue weighted by Gasteiger charge is -2.19. The van der Waals surface area contributed by atoms with Crippen molar-refractivity contribution in [3.63, 3.8) is 0 Å². The second-order valence-corrected chi connectivity index (χ2v) is 5.89. The fourth-order valence-electron chi connectivity index (χ4n) is 2.18. The van der Waals surface area contributed by atoms with Crippen LogP contribution in [-0.4, -0.2) is 23.8 Å². The maximum absolute atomic E-state index is 11.9. The summed E-state index contributed by atoms with van der Waals surface area (Å²) >= 11 is 0. The lowest BCUT2D eigenvalue weighted by molar-refractivity contribution is -0.130. The molecule has 6 nitrogen and oxygen atoms in total. The topological polar surface area (TPSA) is 101 Å². The van der Waals surface area contributed by atoms with Crippen molar-refractivity contribution in [3.05, 3.63) is 35.9 Å². The number of nitrogens with two attached hydrogens (primary N) is 1. The highest BCUT2D eigenvalue weighted by Gasteiger charge is 2.21. The molecule has 1 aromatic rings. The largest absolute Gasteiger partial charge is 0.368 e. The predicted molar refractivity (Wildman–Crippen MR) is 88.2 cm³/mol. The molecule has 0 aliphatic heterocycles. The zero-order valence-corrected chi connectivity index (χ0v) is 13.8. The van der Waals surface area contributed by atoms with Gasteiger partial charge in [-0.3, -0.25) is 14.4 Å². The van der Waals surface area contributed by atoms with E-state index in [-0.39, 0.29) is 36.6 Å². The highest BCUT2D eigenvalue weighted by atomic mass is 16.2. The smallest absolute Gasteiger partial charge is 0.240 e. The van der Waals surface area contributed by atoms with Gasteiger partial charge in [-0.15, -0.1) is 0 Å². The van der Waals surface area contributed by atoms with E-state index in [1.165, 1.54) is 0 Å². The Bertz CT molecular complexity index is 543. The first kappa shape index (κ1) is 18.7. The minimum Gasteiger partial charge on any atom is -0.368 e. The van der Waals surface area contributed by atoms with Gasteiger partial charge in [0.2, 0.25) is 17.7 Å². The summed E-state index contributed by atoms with van der Waals surface area (Å²) in [6, 6.07) is 8.74. The van der Waals surface area contributed by atoms with Gasteiger partial charge in [-0.05, 0) is 18.4 Å². The SMILES string of the molecule is CC(C)[C@@H](NC(=O)CCC(=O)N[C@H](C)c1ccccc1)C(N)=O. The minimum atomic E-state index is -0.714. The number of carbonyl (C=O) groups is 3. The van der Waals surface area contributed by atoms with Gasteiger partial charge in [0.05, 0.1) is 6.04 Å². The Morgan fingerprint density at radius 2 is 1.48 bits per heavy atom. The van der Waals surface area contributed by atoms with Gasteiger partial charge in [-0.25, -0.2) is 0 Å². The van der Waals surface area contributed by atoms with Crippen LogP contribution in [0.15, 0.2) is 30.3 Å². The van der Waals surface area contributed by atoms with Crippen LogP contribution in [0.5, 0.6) is 0 Å². The van der Waals surface area contributed by atoms with E-state index in [0.29, 0.717) is 0 Å². The average Bonchev–Trinajstić information content (AvgIpc) is 2.50. The molecule has 0 heterocycles. The average molecular weight is 319 g/mol. The highest BCUT2D eigenvalue weighted by molar-refractivity contribution is 5.88. The molecule has 0 spiro atoms. The number of carbonyl (C=O) groups excluding carboxylic acids is 3. The van der Waals surface area contributed by atoms with Crippen LogP contribution in [-0.2, 0) is 14.4 Å². The van der Waals surface area contributed by atoms with Gasteiger partial charge in [0.1, 0.15) is 6.04 Å². The normalized spacial score (nSPS) is 13.2. The molecule has 0 unspecified atom stereocenters. The van der Waals surface area contributed by atoms with Crippen LogP contribution in [0.2, 0.25) is 0 Å². The molecule has 4 N–H and O–H groups in total. The van der Waals surface area contributed by atoms with Crippen molar-refractivity contribution in [3.8, 4) is 0 Å². The van der Waals surface area contributed by atoms with E-state index >= 15 is 0 Å². The monoisotopic (exact) mass is 319 g/mol. The Labute approximate surface area is 136 Å². The van der Waals surface area contributed by atoms with Crippen LogP contribution in [0.1, 0.15) is 45.2 Å². The number of amides is 3. The first-order valence-electron chi connectivity index (χ1n) is 7.74. The summed E-state index contributed by atoms with van der Waals surface area (Å²) in [4.78, 5) is 35.0. The Kier molecular flexibility index (Phi) is 7.25. The fourth-order valence-corrected chi connectivity index (χ4v) is 2.18. The van der Waals surface area contributed by atoms with E-state index in [1.807, 2.05) is 37.3 Å². The zero-order valence-electron chi connectivity index (χ0n) is 13.8. The molecular formula is C17H25N3O3. The molecule has 0 bridgehead atoms. The van der Waals surface area contributed by atoms with Crippen LogP contribution in [0.4, 0.5) is 0 Å². The first-order valence-corrected chi connectivity index (χ1v) is 7.74. The molecule has 0 aliphatic rings. The molecule has 0 radical (unpaired) electrons. The van der Waals surface area contributed by atoms with E-state index in [4.69, 9.17) is 5.73 Å². The third-order valence-electron chi connectivity index (χ3n) is 3.55. The lowest BCUT2D eigenvalue weighted by Crippen LogP contribution is -2.47. The van der Waals surface area contributed by atoms with Gasteiger partial charge in [0, 0.05) is 12.8 Å². The predicted octanol–water partition coefficient (Wildman–Crippen LogP) is 1.27. The molecule has 6 heteroatoms. The molecule has 0 aliphatic carbocycles. The highest BCUT2D eigenvalue weighted by Crippen LogP contribution is 2.11. The Morgan fingerprint density at radius 3 is 1.96 bits per heavy atom. The van der Waals surface area contributed by atoms with Crippen molar-refractivity contribution >= 4 is 17.7 Å². The summed E-state index contributed by atoms with van der Waals surface area (Å²) in [5, 5.41) is 5.40. The summed E-state index contributed by atoms with van der Waals surface area (Å²) in [5.41, 5.74) is 6.24. The summed E-state index contributed by atoms with van der Waals surface area (Å²) in [6.45, 7) is 5.48. The summed E-state index contributed by atoms with van der Waals surface area (Å²) < 4.78 is 0. The van der Waals surface area contributed by atoms with Gasteiger partial charge in [-0.1, -0.05) is 44.2 Å². The van der Waals surface area contributed by atoms with E-state index in [9.17, 15) is 14.4 Å². The molecular weight excluding hydrogens is 294 g/mol. The third kappa shape index (κ3) is 6.50. The van der Waals surface area contributed by atoms with Crippen molar-refractivity contribution in [2.75, 3.05) is 0 Å². The Balaban J connectivity index is 2.41. The molecule has 0 aromatic heterocycles. The number of primary amides is 1. The molecule has 3 amide bonds. The summed E-state index contributed by atoms with van der Waals surface area (Å²) in [7, 11) is 0. The second kappa shape index (κ2) is 8.92. The van der Waals surface area contributed by atoms with Crippen LogP contribution in [0.3, 0.4) is 0 Å². The first-order chi connectivity index (χ1) is 10.8. The van der Waals surface area contributed by atoms with Crippen LogP contribution >= 0.6 is 0 Å². The third-order valence-corrected chi connectivity index (χ3v) is 3.55. The van der Waals surface area contributed by atoms with Gasteiger partial charge in [-0.2, -0.15) is 0 Å². The number of hydrogen-bond donors (Lipinski definition) is 3. The van der Waals surface area contributed by atoms with E-state index < -0.39 is 11.9 Å². The molecule has 1 aromatic carbocycles. The zero-order chi connectivity index (χ0) is 17.4. The van der Waals surface area contributed by atoms with Gasteiger partial charge < -0.3 is 16.4 Å². The van der Waals surface area contributed by atoms with Gasteiger partial charge in [0.15, 0.2) is 0 Å². The van der Waals surface area contributed by atoms with Crippen molar-refractivity contribution in [1.82, 2.24) is 10.6 Å². The van der Waals surface area contributed by atoms with Crippen molar-refractivity contribution in [1.29, 1.82) is 0 Å². The quantitative estimate of drug-likeness (QED) is 0.672. The molecule has 0 saturated heterocycles. The van der Waals surface area contributed by atoms with Crippen molar-refractivity contribution in [2.45, 2.75) is 45.7 Å². The summed E-state index contributed by atoms with van der Waals surface area (Å²) in [5.74, 6) is -1.24. The molecule has 23 heavy (non-hydrogen) atoms. The maximum Gasteiger partial charge on any atom is 0.240 e. The number of rotatable bonds is 8. The van der Waals surface area contributed by atoms with E-state index in [2.05, 4.69) is 10.6 Å². The molecule has 2 atom stereocenters. The van der Waals surface area contributed by atoms with Crippen LogP contribution < -0.4 is 16.4 Å². The number of hydrogen-bond acceptors (Lipinski definition) is 3. The number of nitrogens with one attached hydrogen (secondary N) is 2. The maximum atomic E-state index is 11.9. The molecule has 0 saturated carbocycles. The second-order valence-electron chi connectivity index (χ2n) is 5.89. The molecule has 0 fully saturated rings. The van der Waals surface area contributed by atoms with E-state index in [0.717, 1.165) is 5.56 Å². The van der Waals surface area contributed by atoms with Gasteiger partial charge >= 0.3 is 0 Å². The summed E-state index contributed by atoms with van der Waals surface area (Å²) in [6.07, 6.45) is 0.0798. The lowest BCUT2D eigenvalue weighted by atomic mass is 10.0. The van der Waals surface area contributed by atoms with Gasteiger partial charge in [0.25, 0.3) is 0 Å². The Morgan fingerprint density at radius 1 is 0.957 bits per heavy atom. The standard InChI is InChI=1S/C17H25N3O3/c1-11(2)16(17(18)23)20-15(22)10-9-14(21)19-12(3)13-7-5-4-6-8-13/h4-8,11-12,16H,9-10H2,1-3H3,(H2,18,23)(H,19,21)(H,20,22)/t12-,16-/m1/s1. The van der Waals surface area contributed by atoms with Crippen molar-refractivity contribution < 1.29 is 14.4 Å². The number of benzene rings is 1. The van der Waals surface area contributed by atoms with Crippen LogP contribution in [0.25, 0.3) is 0 Å². The van der Waals surface area contributed by atoms with E-state index in [1.54, 1.807) is 13.8 Å². The fraction of sp³-hybridized carbons (Fsp3) is 0.471. The van der Waals surface area contributed by atoms with Crippen LogP contribution in [0, 0.1) is 5.92 Å². The van der Waals surface area contributed by atoms with Crippen molar-refractivity contribution in [2.24, 2.45) is 11.7 Å². The molecule has 1 rings (SSSR count). The molecule has 126 valence electrons. The Hall–Kier alpha value is -2.37. The minimum absolute atomic E-state index is 0.0177.